The highest BCUT2D eigenvalue weighted by Crippen LogP contribution is 2.35. The minimum absolute atomic E-state index is 0.0105. The number of aromatic nitrogens is 2. The molecule has 1 aliphatic heterocycles. The molecule has 0 aliphatic carbocycles. The molecular weight excluding hydrogens is 264 g/mol. The Labute approximate surface area is 117 Å². The van der Waals surface area contributed by atoms with Crippen LogP contribution in [0.2, 0.25) is 0 Å². The lowest BCUT2D eigenvalue weighted by Gasteiger charge is -2.39. The van der Waals surface area contributed by atoms with Crippen molar-refractivity contribution in [1.82, 2.24) is 14.9 Å². The Morgan fingerprint density at radius 2 is 2.06 bits per heavy atom. The summed E-state index contributed by atoms with van der Waals surface area (Å²) in [6, 6.07) is 1.84. The highest BCUT2D eigenvalue weighted by atomic mass is 32.2. The van der Waals surface area contributed by atoms with E-state index in [-0.39, 0.29) is 4.75 Å². The first kappa shape index (κ1) is 13.7. The van der Waals surface area contributed by atoms with Gasteiger partial charge in [0, 0.05) is 25.5 Å². The van der Waals surface area contributed by atoms with Gasteiger partial charge in [0.05, 0.1) is 16.3 Å². The molecule has 0 aromatic carbocycles. The first-order valence-corrected chi connectivity index (χ1v) is 7.63. The van der Waals surface area contributed by atoms with Gasteiger partial charge in [-0.3, -0.25) is 4.90 Å². The van der Waals surface area contributed by atoms with Gasteiger partial charge >= 0.3 is 0 Å². The van der Waals surface area contributed by atoms with Crippen LogP contribution < -0.4 is 5.73 Å². The van der Waals surface area contributed by atoms with Crippen molar-refractivity contribution < 1.29 is 0 Å². The summed E-state index contributed by atoms with van der Waals surface area (Å²) in [4.78, 5) is 11.5. The average Bonchev–Trinajstić information content (AvgIpc) is 2.41. The van der Waals surface area contributed by atoms with E-state index in [0.29, 0.717) is 4.99 Å². The second-order valence-corrected chi connectivity index (χ2v) is 6.13. The first-order valence-electron chi connectivity index (χ1n) is 5.99. The van der Waals surface area contributed by atoms with Gasteiger partial charge in [0.2, 0.25) is 0 Å². The molecule has 6 heteroatoms. The normalized spacial score (nSPS) is 19.6. The van der Waals surface area contributed by atoms with Crippen LogP contribution >= 0.6 is 24.0 Å². The maximum atomic E-state index is 5.88. The van der Waals surface area contributed by atoms with Gasteiger partial charge in [-0.15, -0.1) is 0 Å². The van der Waals surface area contributed by atoms with Gasteiger partial charge in [-0.05, 0) is 25.2 Å². The molecule has 0 atom stereocenters. The Hall–Kier alpha value is -0.720. The Balaban J connectivity index is 1.93. The Bertz CT molecular complexity index is 402. The summed E-state index contributed by atoms with van der Waals surface area (Å²) in [5, 5.41) is 0. The van der Waals surface area contributed by atoms with Gasteiger partial charge < -0.3 is 5.73 Å². The standard InChI is InChI=1S/C12H18N4S2/c1-18-12(11(13)17)3-7-16(8-4-12)9-10-14-5-2-6-15-10/h2,5-6H,3-4,7-9H2,1H3,(H2,13,17). The number of rotatable bonds is 4. The van der Waals surface area contributed by atoms with Crippen LogP contribution in [-0.2, 0) is 6.54 Å². The van der Waals surface area contributed by atoms with Crippen molar-refractivity contribution in [3.63, 3.8) is 0 Å². The van der Waals surface area contributed by atoms with Gasteiger partial charge in [-0.1, -0.05) is 12.2 Å². The lowest BCUT2D eigenvalue weighted by Crippen LogP contribution is -2.49. The Kier molecular flexibility index (Phi) is 4.53. The van der Waals surface area contributed by atoms with Crippen molar-refractivity contribution in [2.75, 3.05) is 19.3 Å². The molecule has 0 bridgehead atoms. The lowest BCUT2D eigenvalue weighted by atomic mass is 9.95. The van der Waals surface area contributed by atoms with E-state index in [2.05, 4.69) is 21.1 Å². The van der Waals surface area contributed by atoms with Crippen molar-refractivity contribution in [3.05, 3.63) is 24.3 Å². The molecule has 4 nitrogen and oxygen atoms in total. The molecule has 0 radical (unpaired) electrons. The number of thiocarbonyl (C=S) groups is 1. The van der Waals surface area contributed by atoms with Crippen molar-refractivity contribution in [1.29, 1.82) is 0 Å². The third kappa shape index (κ3) is 2.99. The fraction of sp³-hybridized carbons (Fsp3) is 0.583. The highest BCUT2D eigenvalue weighted by Gasteiger charge is 2.36. The molecule has 98 valence electrons. The van der Waals surface area contributed by atoms with E-state index in [1.165, 1.54) is 0 Å². The van der Waals surface area contributed by atoms with E-state index in [4.69, 9.17) is 18.0 Å². The Morgan fingerprint density at radius 1 is 1.44 bits per heavy atom. The van der Waals surface area contributed by atoms with Gasteiger partial charge in [0.25, 0.3) is 0 Å². The highest BCUT2D eigenvalue weighted by molar-refractivity contribution is 8.02. The van der Waals surface area contributed by atoms with E-state index in [9.17, 15) is 0 Å². The van der Waals surface area contributed by atoms with Crippen LogP contribution in [0.3, 0.4) is 0 Å². The van der Waals surface area contributed by atoms with Gasteiger partial charge in [-0.25, -0.2) is 9.97 Å². The third-order valence-electron chi connectivity index (χ3n) is 3.49. The topological polar surface area (TPSA) is 55.0 Å². The maximum absolute atomic E-state index is 5.88. The molecule has 2 heterocycles. The summed E-state index contributed by atoms with van der Waals surface area (Å²) in [6.45, 7) is 2.80. The van der Waals surface area contributed by atoms with Crippen LogP contribution in [0.15, 0.2) is 18.5 Å². The van der Waals surface area contributed by atoms with Crippen molar-refractivity contribution >= 4 is 29.0 Å². The fourth-order valence-electron chi connectivity index (χ4n) is 2.24. The molecule has 0 unspecified atom stereocenters. The molecule has 0 spiro atoms. The smallest absolute Gasteiger partial charge is 0.142 e. The van der Waals surface area contributed by atoms with E-state index < -0.39 is 0 Å². The third-order valence-corrected chi connectivity index (χ3v) is 5.42. The largest absolute Gasteiger partial charge is 0.392 e. The van der Waals surface area contributed by atoms with Gasteiger partial charge in [-0.2, -0.15) is 11.8 Å². The molecular formula is C12H18N4S2. The van der Waals surface area contributed by atoms with Gasteiger partial charge in [0.15, 0.2) is 0 Å². The number of nitrogens with two attached hydrogens (primary N) is 1. The molecule has 0 saturated carbocycles. The summed E-state index contributed by atoms with van der Waals surface area (Å²) >= 11 is 6.99. The van der Waals surface area contributed by atoms with E-state index in [1.54, 1.807) is 24.2 Å². The van der Waals surface area contributed by atoms with Crippen LogP contribution in [0.25, 0.3) is 0 Å². The van der Waals surface area contributed by atoms with E-state index in [0.717, 1.165) is 38.3 Å². The number of thioether (sulfide) groups is 1. The summed E-state index contributed by atoms with van der Waals surface area (Å²) < 4.78 is -0.0105. The monoisotopic (exact) mass is 282 g/mol. The maximum Gasteiger partial charge on any atom is 0.142 e. The van der Waals surface area contributed by atoms with Gasteiger partial charge in [0.1, 0.15) is 5.82 Å². The lowest BCUT2D eigenvalue weighted by molar-refractivity contribution is 0.208. The van der Waals surface area contributed by atoms with Crippen LogP contribution in [0.1, 0.15) is 18.7 Å². The minimum Gasteiger partial charge on any atom is -0.392 e. The van der Waals surface area contributed by atoms with E-state index >= 15 is 0 Å². The molecule has 18 heavy (non-hydrogen) atoms. The summed E-state index contributed by atoms with van der Waals surface area (Å²) in [5.41, 5.74) is 5.88. The SMILES string of the molecule is CSC1(C(N)=S)CCN(Cc2ncccn2)CC1. The molecule has 1 aliphatic rings. The predicted molar refractivity (Wildman–Crippen MR) is 79.6 cm³/mol. The van der Waals surface area contributed by atoms with Crippen LogP contribution in [-0.4, -0.2) is 43.9 Å². The summed E-state index contributed by atoms with van der Waals surface area (Å²) in [5.74, 6) is 0.879. The predicted octanol–water partition coefficient (Wildman–Crippen LogP) is 1.46. The zero-order valence-corrected chi connectivity index (χ0v) is 12.1. The van der Waals surface area contributed by atoms with Crippen LogP contribution in [0.5, 0.6) is 0 Å². The second kappa shape index (κ2) is 5.95. The summed E-state index contributed by atoms with van der Waals surface area (Å²) in [6.07, 6.45) is 7.68. The number of hydrogen-bond acceptors (Lipinski definition) is 5. The minimum atomic E-state index is -0.0105. The second-order valence-electron chi connectivity index (χ2n) is 4.50. The summed E-state index contributed by atoms with van der Waals surface area (Å²) in [7, 11) is 0. The molecule has 1 saturated heterocycles. The number of likely N-dealkylation sites (tertiary alicyclic amines) is 1. The number of nitrogens with zero attached hydrogens (tertiary/aromatic N) is 3. The zero-order valence-electron chi connectivity index (χ0n) is 10.5. The molecule has 1 fully saturated rings. The Morgan fingerprint density at radius 3 is 2.56 bits per heavy atom. The van der Waals surface area contributed by atoms with Crippen LogP contribution in [0.4, 0.5) is 0 Å². The van der Waals surface area contributed by atoms with Crippen LogP contribution in [0, 0.1) is 0 Å². The van der Waals surface area contributed by atoms with Crippen molar-refractivity contribution in [3.8, 4) is 0 Å². The number of hydrogen-bond donors (Lipinski definition) is 1. The average molecular weight is 282 g/mol. The number of piperidine rings is 1. The van der Waals surface area contributed by atoms with E-state index in [1.807, 2.05) is 6.07 Å². The molecule has 1 aromatic rings. The fourth-order valence-corrected chi connectivity index (χ4v) is 3.48. The quantitative estimate of drug-likeness (QED) is 0.844. The molecule has 1 aromatic heterocycles. The molecule has 0 amide bonds. The first-order chi connectivity index (χ1) is 8.66. The molecule has 2 N–H and O–H groups in total. The van der Waals surface area contributed by atoms with Crippen molar-refractivity contribution in [2.45, 2.75) is 24.1 Å². The molecule has 2 rings (SSSR count). The van der Waals surface area contributed by atoms with Crippen molar-refractivity contribution in [2.24, 2.45) is 5.73 Å². The zero-order chi connectivity index (χ0) is 13.0.